The van der Waals surface area contributed by atoms with E-state index < -0.39 is 0 Å². The van der Waals surface area contributed by atoms with Crippen LogP contribution in [0.5, 0.6) is 0 Å². The lowest BCUT2D eigenvalue weighted by Crippen LogP contribution is -2.27. The molecule has 3 nitrogen and oxygen atoms in total. The third-order valence-electron chi connectivity index (χ3n) is 1.26. The van der Waals surface area contributed by atoms with E-state index in [0.29, 0.717) is 18.9 Å². The Morgan fingerprint density at radius 3 is 2.45 bits per heavy atom. The summed E-state index contributed by atoms with van der Waals surface area (Å²) < 4.78 is 0. The van der Waals surface area contributed by atoms with E-state index in [9.17, 15) is 4.79 Å². The predicted molar refractivity (Wildman–Crippen MR) is 43.9 cm³/mol. The highest BCUT2D eigenvalue weighted by Crippen LogP contribution is 1.96. The van der Waals surface area contributed by atoms with Crippen LogP contribution >= 0.6 is 0 Å². The number of rotatable bonds is 4. The molecule has 0 aliphatic rings. The first kappa shape index (κ1) is 10.4. The molecule has 0 heterocycles. The quantitative estimate of drug-likeness (QED) is 0.581. The van der Waals surface area contributed by atoms with Crippen molar-refractivity contribution in [3.63, 3.8) is 0 Å². The van der Waals surface area contributed by atoms with Crippen LogP contribution in [0.25, 0.3) is 0 Å². The number of amides is 1. The number of hydrogen-bond acceptors (Lipinski definition) is 2. The normalized spacial score (nSPS) is 10.3. The molecule has 0 atom stereocenters. The van der Waals surface area contributed by atoms with Crippen LogP contribution in [0.4, 0.5) is 0 Å². The third kappa shape index (κ3) is 4.79. The molecule has 0 N–H and O–H groups in total. The summed E-state index contributed by atoms with van der Waals surface area (Å²) >= 11 is 0. The topological polar surface area (TPSA) is 29.5 Å². The van der Waals surface area contributed by atoms with Crippen LogP contribution in [0.3, 0.4) is 0 Å². The van der Waals surface area contributed by atoms with E-state index in [1.807, 2.05) is 20.8 Å². The molecule has 0 saturated heterocycles. The second kappa shape index (κ2) is 5.13. The standard InChI is InChI=1S/C8H17NO2/c1-5-8(10)9(4)11-6-7(2)3/h7H,5-6H2,1-4H3. The van der Waals surface area contributed by atoms with Gasteiger partial charge >= 0.3 is 0 Å². The van der Waals surface area contributed by atoms with E-state index >= 15 is 0 Å². The smallest absolute Gasteiger partial charge is 0.245 e. The van der Waals surface area contributed by atoms with Crippen molar-refractivity contribution < 1.29 is 9.63 Å². The highest BCUT2D eigenvalue weighted by atomic mass is 16.7. The summed E-state index contributed by atoms with van der Waals surface area (Å²) in [7, 11) is 1.65. The van der Waals surface area contributed by atoms with Crippen LogP contribution in [0.1, 0.15) is 27.2 Å². The van der Waals surface area contributed by atoms with Gasteiger partial charge in [0.05, 0.1) is 6.61 Å². The molecular formula is C8H17NO2. The van der Waals surface area contributed by atoms with E-state index in [-0.39, 0.29) is 5.91 Å². The molecule has 0 radical (unpaired) electrons. The average Bonchev–Trinajstić information content (AvgIpc) is 1.98. The van der Waals surface area contributed by atoms with Crippen molar-refractivity contribution in [3.05, 3.63) is 0 Å². The van der Waals surface area contributed by atoms with Gasteiger partial charge in [0.25, 0.3) is 0 Å². The van der Waals surface area contributed by atoms with Crippen molar-refractivity contribution in [2.45, 2.75) is 27.2 Å². The second-order valence-corrected chi connectivity index (χ2v) is 2.93. The molecule has 1 amide bonds. The van der Waals surface area contributed by atoms with Gasteiger partial charge in [0, 0.05) is 13.5 Å². The van der Waals surface area contributed by atoms with Crippen molar-refractivity contribution in [1.29, 1.82) is 0 Å². The Balaban J connectivity index is 3.52. The lowest BCUT2D eigenvalue weighted by atomic mass is 10.2. The third-order valence-corrected chi connectivity index (χ3v) is 1.26. The Kier molecular flexibility index (Phi) is 4.86. The Labute approximate surface area is 68.3 Å². The van der Waals surface area contributed by atoms with Gasteiger partial charge in [0.1, 0.15) is 0 Å². The summed E-state index contributed by atoms with van der Waals surface area (Å²) in [5.41, 5.74) is 0. The van der Waals surface area contributed by atoms with Crippen LogP contribution in [-0.4, -0.2) is 24.6 Å². The summed E-state index contributed by atoms with van der Waals surface area (Å²) in [5.74, 6) is 0.479. The number of carbonyl (C=O) groups excluding carboxylic acids is 1. The fraction of sp³-hybridized carbons (Fsp3) is 0.875. The molecule has 0 rings (SSSR count). The van der Waals surface area contributed by atoms with Gasteiger partial charge in [-0.3, -0.25) is 9.63 Å². The van der Waals surface area contributed by atoms with Gasteiger partial charge in [-0.1, -0.05) is 20.8 Å². The van der Waals surface area contributed by atoms with Gasteiger partial charge in [-0.15, -0.1) is 0 Å². The zero-order chi connectivity index (χ0) is 8.85. The Hall–Kier alpha value is -0.570. The fourth-order valence-corrected chi connectivity index (χ4v) is 0.556. The zero-order valence-electron chi connectivity index (χ0n) is 7.76. The monoisotopic (exact) mass is 159 g/mol. The van der Waals surface area contributed by atoms with Gasteiger partial charge in [0.2, 0.25) is 5.91 Å². The van der Waals surface area contributed by atoms with Gasteiger partial charge in [-0.25, -0.2) is 5.06 Å². The first-order chi connectivity index (χ1) is 5.07. The van der Waals surface area contributed by atoms with E-state index in [0.717, 1.165) is 0 Å². The molecule has 0 bridgehead atoms. The highest BCUT2D eigenvalue weighted by Gasteiger charge is 2.06. The molecule has 0 saturated carbocycles. The van der Waals surface area contributed by atoms with E-state index in [4.69, 9.17) is 4.84 Å². The average molecular weight is 159 g/mol. The Morgan fingerprint density at radius 1 is 1.55 bits per heavy atom. The van der Waals surface area contributed by atoms with Crippen molar-refractivity contribution >= 4 is 5.91 Å². The molecule has 0 aromatic carbocycles. The van der Waals surface area contributed by atoms with E-state index in [1.165, 1.54) is 5.06 Å². The van der Waals surface area contributed by atoms with Crippen molar-refractivity contribution in [2.24, 2.45) is 5.92 Å². The summed E-state index contributed by atoms with van der Waals surface area (Å²) in [6, 6.07) is 0. The van der Waals surface area contributed by atoms with Crippen molar-refractivity contribution in [2.75, 3.05) is 13.7 Å². The second-order valence-electron chi connectivity index (χ2n) is 2.93. The van der Waals surface area contributed by atoms with Crippen LogP contribution in [0.2, 0.25) is 0 Å². The number of carbonyl (C=O) groups is 1. The maximum absolute atomic E-state index is 10.9. The molecule has 11 heavy (non-hydrogen) atoms. The van der Waals surface area contributed by atoms with Crippen LogP contribution in [0.15, 0.2) is 0 Å². The van der Waals surface area contributed by atoms with Crippen molar-refractivity contribution in [3.8, 4) is 0 Å². The zero-order valence-corrected chi connectivity index (χ0v) is 7.76. The maximum atomic E-state index is 10.9. The van der Waals surface area contributed by atoms with Crippen LogP contribution in [0, 0.1) is 5.92 Å². The molecular weight excluding hydrogens is 142 g/mol. The lowest BCUT2D eigenvalue weighted by molar-refractivity contribution is -0.181. The number of nitrogens with zero attached hydrogens (tertiary/aromatic N) is 1. The molecule has 0 aliphatic carbocycles. The first-order valence-electron chi connectivity index (χ1n) is 3.97. The fourth-order valence-electron chi connectivity index (χ4n) is 0.556. The lowest BCUT2D eigenvalue weighted by Gasteiger charge is -2.16. The van der Waals surface area contributed by atoms with Gasteiger partial charge in [-0.05, 0) is 5.92 Å². The Bertz CT molecular complexity index is 123. The first-order valence-corrected chi connectivity index (χ1v) is 3.97. The summed E-state index contributed by atoms with van der Waals surface area (Å²) in [6.07, 6.45) is 0.495. The largest absolute Gasteiger partial charge is 0.273 e. The van der Waals surface area contributed by atoms with Gasteiger partial charge in [0.15, 0.2) is 0 Å². The maximum Gasteiger partial charge on any atom is 0.245 e. The molecule has 0 fully saturated rings. The van der Waals surface area contributed by atoms with Gasteiger partial charge < -0.3 is 0 Å². The molecule has 0 aromatic rings. The molecule has 0 aliphatic heterocycles. The minimum Gasteiger partial charge on any atom is -0.273 e. The van der Waals surface area contributed by atoms with Crippen molar-refractivity contribution in [1.82, 2.24) is 5.06 Å². The minimum atomic E-state index is 0.0191. The predicted octanol–water partition coefficient (Wildman–Crippen LogP) is 1.44. The van der Waals surface area contributed by atoms with E-state index in [1.54, 1.807) is 7.05 Å². The molecule has 3 heteroatoms. The molecule has 0 aromatic heterocycles. The van der Waals surface area contributed by atoms with Crippen LogP contribution in [-0.2, 0) is 9.63 Å². The molecule has 66 valence electrons. The SMILES string of the molecule is CCC(=O)N(C)OCC(C)C. The van der Waals surface area contributed by atoms with E-state index in [2.05, 4.69) is 0 Å². The highest BCUT2D eigenvalue weighted by molar-refractivity contribution is 5.74. The van der Waals surface area contributed by atoms with Gasteiger partial charge in [-0.2, -0.15) is 0 Å². The minimum absolute atomic E-state index is 0.0191. The summed E-state index contributed by atoms with van der Waals surface area (Å²) in [6.45, 7) is 6.51. The summed E-state index contributed by atoms with van der Waals surface area (Å²) in [4.78, 5) is 16.1. The number of hydrogen-bond donors (Lipinski definition) is 0. The molecule has 0 unspecified atom stereocenters. The summed E-state index contributed by atoms with van der Waals surface area (Å²) in [5, 5.41) is 1.31. The molecule has 0 spiro atoms. The van der Waals surface area contributed by atoms with Crippen LogP contribution < -0.4 is 0 Å². The number of hydroxylamine groups is 2. The Morgan fingerprint density at radius 2 is 2.09 bits per heavy atom.